The fourth-order valence-electron chi connectivity index (χ4n) is 2.18. The van der Waals surface area contributed by atoms with E-state index in [1.165, 1.54) is 0 Å². The minimum absolute atomic E-state index is 0.124. The molecule has 0 aliphatic heterocycles. The Morgan fingerprint density at radius 1 is 1.00 bits per heavy atom. The Morgan fingerprint density at radius 3 is 2.57 bits per heavy atom. The second-order valence-electron chi connectivity index (χ2n) is 4.61. The highest BCUT2D eigenvalue weighted by Crippen LogP contribution is 2.37. The average Bonchev–Trinajstić information content (AvgIpc) is 2.51. The zero-order valence-corrected chi connectivity index (χ0v) is 13.4. The van der Waals surface area contributed by atoms with Crippen molar-refractivity contribution in [3.63, 3.8) is 0 Å². The lowest BCUT2D eigenvalue weighted by Gasteiger charge is -2.13. The first-order valence-corrected chi connectivity index (χ1v) is 7.60. The summed E-state index contributed by atoms with van der Waals surface area (Å²) in [5, 5.41) is 12.2. The number of aliphatic hydroxyl groups excluding tert-OH is 1. The van der Waals surface area contributed by atoms with Crippen molar-refractivity contribution < 1.29 is 9.84 Å². The van der Waals surface area contributed by atoms with E-state index >= 15 is 0 Å². The van der Waals surface area contributed by atoms with Gasteiger partial charge in [0, 0.05) is 10.6 Å². The van der Waals surface area contributed by atoms with Gasteiger partial charge in [0.2, 0.25) is 0 Å². The number of ether oxygens (including phenoxy) is 1. The number of hydrogen-bond acceptors (Lipinski definition) is 2. The van der Waals surface area contributed by atoms with Crippen molar-refractivity contribution in [3.8, 4) is 11.5 Å². The SMILES string of the molecule is OCc1cc(Cl)ccc1Oc1ccc2ccccc2c1Br. The van der Waals surface area contributed by atoms with Gasteiger partial charge < -0.3 is 9.84 Å². The zero-order chi connectivity index (χ0) is 14.8. The van der Waals surface area contributed by atoms with Crippen LogP contribution in [0, 0.1) is 0 Å². The third-order valence-corrected chi connectivity index (χ3v) is 4.29. The molecule has 21 heavy (non-hydrogen) atoms. The second-order valence-corrected chi connectivity index (χ2v) is 5.84. The van der Waals surface area contributed by atoms with E-state index in [2.05, 4.69) is 15.9 Å². The highest BCUT2D eigenvalue weighted by Gasteiger charge is 2.10. The zero-order valence-electron chi connectivity index (χ0n) is 11.0. The molecule has 2 nitrogen and oxygen atoms in total. The molecule has 4 heteroatoms. The van der Waals surface area contributed by atoms with Crippen molar-refractivity contribution in [2.75, 3.05) is 0 Å². The Labute approximate surface area is 136 Å². The molecule has 0 fully saturated rings. The van der Waals surface area contributed by atoms with E-state index < -0.39 is 0 Å². The summed E-state index contributed by atoms with van der Waals surface area (Å²) >= 11 is 9.52. The first-order chi connectivity index (χ1) is 10.2. The Balaban J connectivity index is 2.04. The summed E-state index contributed by atoms with van der Waals surface area (Å²) in [6, 6.07) is 17.2. The van der Waals surface area contributed by atoms with Crippen molar-refractivity contribution in [2.24, 2.45) is 0 Å². The van der Waals surface area contributed by atoms with Crippen LogP contribution < -0.4 is 4.74 Å². The predicted molar refractivity (Wildman–Crippen MR) is 89.1 cm³/mol. The molecule has 0 atom stereocenters. The summed E-state index contributed by atoms with van der Waals surface area (Å²) in [6.07, 6.45) is 0. The van der Waals surface area contributed by atoms with E-state index in [1.807, 2.05) is 36.4 Å². The summed E-state index contributed by atoms with van der Waals surface area (Å²) < 4.78 is 6.82. The number of rotatable bonds is 3. The summed E-state index contributed by atoms with van der Waals surface area (Å²) in [5.41, 5.74) is 0.655. The van der Waals surface area contributed by atoms with E-state index in [0.717, 1.165) is 15.2 Å². The number of aliphatic hydroxyl groups is 1. The molecule has 0 saturated carbocycles. The standard InChI is InChI=1S/C17H12BrClO2/c18-17-14-4-2-1-3-11(14)5-7-16(17)21-15-8-6-13(19)9-12(15)10-20/h1-9,20H,10H2. The Morgan fingerprint density at radius 2 is 1.76 bits per heavy atom. The molecular weight excluding hydrogens is 352 g/mol. The maximum atomic E-state index is 9.41. The Kier molecular flexibility index (Phi) is 4.15. The first-order valence-electron chi connectivity index (χ1n) is 6.43. The van der Waals surface area contributed by atoms with Crippen molar-refractivity contribution in [2.45, 2.75) is 6.61 Å². The van der Waals surface area contributed by atoms with Gasteiger partial charge in [-0.2, -0.15) is 0 Å². The van der Waals surface area contributed by atoms with E-state index in [0.29, 0.717) is 22.1 Å². The van der Waals surface area contributed by atoms with Gasteiger partial charge in [-0.05, 0) is 51.0 Å². The monoisotopic (exact) mass is 362 g/mol. The normalized spacial score (nSPS) is 10.8. The van der Waals surface area contributed by atoms with Crippen LogP contribution in [0.4, 0.5) is 0 Å². The molecule has 3 rings (SSSR count). The fraction of sp³-hybridized carbons (Fsp3) is 0.0588. The molecule has 0 unspecified atom stereocenters. The molecule has 3 aromatic carbocycles. The molecular formula is C17H12BrClO2. The molecule has 0 aliphatic rings. The minimum atomic E-state index is -0.124. The van der Waals surface area contributed by atoms with Gasteiger partial charge in [-0.15, -0.1) is 0 Å². The lowest BCUT2D eigenvalue weighted by molar-refractivity contribution is 0.276. The lowest BCUT2D eigenvalue weighted by atomic mass is 10.1. The van der Waals surface area contributed by atoms with Crippen LogP contribution in [0.2, 0.25) is 5.02 Å². The Hall–Kier alpha value is -1.55. The maximum Gasteiger partial charge on any atom is 0.142 e. The van der Waals surface area contributed by atoms with Crippen LogP contribution >= 0.6 is 27.5 Å². The molecule has 0 amide bonds. The van der Waals surface area contributed by atoms with Crippen LogP contribution in [0.1, 0.15) is 5.56 Å². The quantitative estimate of drug-likeness (QED) is 0.662. The smallest absolute Gasteiger partial charge is 0.142 e. The van der Waals surface area contributed by atoms with Crippen molar-refractivity contribution >= 4 is 38.3 Å². The summed E-state index contributed by atoms with van der Waals surface area (Å²) in [6.45, 7) is -0.124. The highest BCUT2D eigenvalue weighted by molar-refractivity contribution is 9.10. The molecule has 0 heterocycles. The van der Waals surface area contributed by atoms with Gasteiger partial charge in [0.15, 0.2) is 0 Å². The van der Waals surface area contributed by atoms with E-state index in [1.54, 1.807) is 18.2 Å². The van der Waals surface area contributed by atoms with Gasteiger partial charge in [0.05, 0.1) is 11.1 Å². The molecule has 0 bridgehead atoms. The minimum Gasteiger partial charge on any atom is -0.456 e. The highest BCUT2D eigenvalue weighted by atomic mass is 79.9. The number of fused-ring (bicyclic) bond motifs is 1. The lowest BCUT2D eigenvalue weighted by Crippen LogP contribution is -1.92. The fourth-order valence-corrected chi connectivity index (χ4v) is 2.95. The van der Waals surface area contributed by atoms with Crippen LogP contribution in [0.5, 0.6) is 11.5 Å². The summed E-state index contributed by atoms with van der Waals surface area (Å²) in [7, 11) is 0. The first kappa shape index (κ1) is 14.4. The molecule has 1 N–H and O–H groups in total. The van der Waals surface area contributed by atoms with Crippen LogP contribution in [-0.4, -0.2) is 5.11 Å². The van der Waals surface area contributed by atoms with Gasteiger partial charge in [-0.3, -0.25) is 0 Å². The average molecular weight is 364 g/mol. The van der Waals surface area contributed by atoms with Crippen molar-refractivity contribution in [1.82, 2.24) is 0 Å². The molecule has 0 spiro atoms. The molecule has 0 radical (unpaired) electrons. The van der Waals surface area contributed by atoms with Crippen molar-refractivity contribution in [1.29, 1.82) is 0 Å². The maximum absolute atomic E-state index is 9.41. The van der Waals surface area contributed by atoms with Crippen LogP contribution in [0.3, 0.4) is 0 Å². The second kappa shape index (κ2) is 6.06. The predicted octanol–water partition coefficient (Wildman–Crippen LogP) is 5.54. The molecule has 0 aliphatic carbocycles. The number of benzene rings is 3. The van der Waals surface area contributed by atoms with E-state index in [-0.39, 0.29) is 6.61 Å². The van der Waals surface area contributed by atoms with Crippen LogP contribution in [-0.2, 0) is 6.61 Å². The van der Waals surface area contributed by atoms with Gasteiger partial charge in [0.25, 0.3) is 0 Å². The van der Waals surface area contributed by atoms with E-state index in [9.17, 15) is 5.11 Å². The largest absolute Gasteiger partial charge is 0.456 e. The summed E-state index contributed by atoms with van der Waals surface area (Å²) in [5.74, 6) is 1.30. The number of halogens is 2. The topological polar surface area (TPSA) is 29.5 Å². The van der Waals surface area contributed by atoms with Crippen LogP contribution in [0.15, 0.2) is 59.1 Å². The van der Waals surface area contributed by atoms with Gasteiger partial charge in [-0.1, -0.05) is 41.9 Å². The summed E-state index contributed by atoms with van der Waals surface area (Å²) in [4.78, 5) is 0. The third kappa shape index (κ3) is 2.91. The molecule has 106 valence electrons. The molecule has 0 saturated heterocycles. The number of hydrogen-bond donors (Lipinski definition) is 1. The van der Waals surface area contributed by atoms with Gasteiger partial charge in [-0.25, -0.2) is 0 Å². The third-order valence-electron chi connectivity index (χ3n) is 3.24. The van der Waals surface area contributed by atoms with Gasteiger partial charge in [0.1, 0.15) is 11.5 Å². The van der Waals surface area contributed by atoms with E-state index in [4.69, 9.17) is 16.3 Å². The van der Waals surface area contributed by atoms with Crippen molar-refractivity contribution in [3.05, 3.63) is 69.7 Å². The van der Waals surface area contributed by atoms with Gasteiger partial charge >= 0.3 is 0 Å². The molecule has 3 aromatic rings. The Bertz CT molecular complexity index is 802. The molecule has 0 aromatic heterocycles. The van der Waals surface area contributed by atoms with Crippen LogP contribution in [0.25, 0.3) is 10.8 Å².